The number of thioether (sulfide) groups is 1. The third-order valence-electron chi connectivity index (χ3n) is 3.32. The van der Waals surface area contributed by atoms with Gasteiger partial charge in [0.1, 0.15) is 0 Å². The van der Waals surface area contributed by atoms with E-state index < -0.39 is 0 Å². The SMILES string of the molecule is CCCNC(c1ccc(SC)cc1)c1cc(Cl)ccc1Cl. The van der Waals surface area contributed by atoms with Crippen molar-refractivity contribution < 1.29 is 0 Å². The molecule has 1 unspecified atom stereocenters. The number of rotatable bonds is 6. The molecule has 0 saturated heterocycles. The van der Waals surface area contributed by atoms with Crippen LogP contribution >= 0.6 is 35.0 Å². The first-order chi connectivity index (χ1) is 10.2. The largest absolute Gasteiger partial charge is 0.306 e. The van der Waals surface area contributed by atoms with E-state index in [4.69, 9.17) is 23.2 Å². The summed E-state index contributed by atoms with van der Waals surface area (Å²) in [5, 5.41) is 5.00. The average molecular weight is 340 g/mol. The lowest BCUT2D eigenvalue weighted by Gasteiger charge is -2.21. The van der Waals surface area contributed by atoms with Crippen molar-refractivity contribution in [2.75, 3.05) is 12.8 Å². The van der Waals surface area contributed by atoms with Crippen LogP contribution in [0.3, 0.4) is 0 Å². The standard InChI is InChI=1S/C17H19Cl2NS/c1-3-10-20-17(12-4-7-14(21-2)8-5-12)15-11-13(18)6-9-16(15)19/h4-9,11,17,20H,3,10H2,1-2H3. The minimum Gasteiger partial charge on any atom is -0.306 e. The van der Waals surface area contributed by atoms with Crippen LogP contribution in [0.4, 0.5) is 0 Å². The predicted octanol–water partition coefficient (Wildman–Crippen LogP) is 5.80. The van der Waals surface area contributed by atoms with Crippen LogP contribution in [0.15, 0.2) is 47.4 Å². The van der Waals surface area contributed by atoms with E-state index in [1.807, 2.05) is 18.2 Å². The topological polar surface area (TPSA) is 12.0 Å². The molecule has 0 aromatic heterocycles. The van der Waals surface area contributed by atoms with E-state index >= 15 is 0 Å². The molecule has 0 bridgehead atoms. The van der Waals surface area contributed by atoms with E-state index in [-0.39, 0.29) is 6.04 Å². The molecule has 0 radical (unpaired) electrons. The zero-order chi connectivity index (χ0) is 15.2. The molecule has 0 heterocycles. The second-order valence-electron chi connectivity index (χ2n) is 4.83. The van der Waals surface area contributed by atoms with E-state index in [2.05, 4.69) is 42.8 Å². The summed E-state index contributed by atoms with van der Waals surface area (Å²) in [5.41, 5.74) is 2.22. The highest BCUT2D eigenvalue weighted by molar-refractivity contribution is 7.98. The highest BCUT2D eigenvalue weighted by Crippen LogP contribution is 2.31. The second-order valence-corrected chi connectivity index (χ2v) is 6.55. The monoisotopic (exact) mass is 339 g/mol. The fourth-order valence-corrected chi connectivity index (χ4v) is 3.04. The molecule has 0 aliphatic rings. The molecule has 0 saturated carbocycles. The Morgan fingerprint density at radius 3 is 2.43 bits per heavy atom. The Bertz CT molecular complexity index is 584. The van der Waals surface area contributed by atoms with Crippen LogP contribution in [0.25, 0.3) is 0 Å². The maximum atomic E-state index is 6.38. The summed E-state index contributed by atoms with van der Waals surface area (Å²) < 4.78 is 0. The maximum Gasteiger partial charge on any atom is 0.0592 e. The molecule has 21 heavy (non-hydrogen) atoms. The summed E-state index contributed by atoms with van der Waals surface area (Å²) in [6.07, 6.45) is 3.15. The molecule has 0 spiro atoms. The molecule has 2 aromatic rings. The van der Waals surface area contributed by atoms with Crippen LogP contribution in [0.1, 0.15) is 30.5 Å². The van der Waals surface area contributed by atoms with Gasteiger partial charge in [-0.15, -0.1) is 11.8 Å². The Labute approximate surface area is 141 Å². The third-order valence-corrected chi connectivity index (χ3v) is 4.64. The van der Waals surface area contributed by atoms with Gasteiger partial charge in [-0.2, -0.15) is 0 Å². The fraction of sp³-hybridized carbons (Fsp3) is 0.294. The summed E-state index contributed by atoms with van der Waals surface area (Å²) in [6, 6.07) is 14.3. The van der Waals surface area contributed by atoms with Gasteiger partial charge < -0.3 is 5.32 Å². The van der Waals surface area contributed by atoms with Crippen molar-refractivity contribution >= 4 is 35.0 Å². The molecular formula is C17H19Cl2NS. The zero-order valence-corrected chi connectivity index (χ0v) is 14.5. The highest BCUT2D eigenvalue weighted by Gasteiger charge is 2.16. The van der Waals surface area contributed by atoms with Crippen LogP contribution in [-0.2, 0) is 0 Å². The summed E-state index contributed by atoms with van der Waals surface area (Å²) >= 11 is 14.3. The molecule has 1 nitrogen and oxygen atoms in total. The van der Waals surface area contributed by atoms with Gasteiger partial charge in [0.15, 0.2) is 0 Å². The van der Waals surface area contributed by atoms with Gasteiger partial charge in [0.05, 0.1) is 6.04 Å². The van der Waals surface area contributed by atoms with E-state index in [9.17, 15) is 0 Å². The van der Waals surface area contributed by atoms with Gasteiger partial charge in [-0.25, -0.2) is 0 Å². The smallest absolute Gasteiger partial charge is 0.0592 e. The van der Waals surface area contributed by atoms with Crippen molar-refractivity contribution in [2.45, 2.75) is 24.3 Å². The number of benzene rings is 2. The quantitative estimate of drug-likeness (QED) is 0.667. The molecule has 0 fully saturated rings. The molecule has 2 rings (SSSR count). The minimum atomic E-state index is 0.0621. The molecule has 2 aromatic carbocycles. The summed E-state index contributed by atoms with van der Waals surface area (Å²) in [5.74, 6) is 0. The lowest BCUT2D eigenvalue weighted by molar-refractivity contribution is 0.598. The van der Waals surface area contributed by atoms with Crippen molar-refractivity contribution in [3.63, 3.8) is 0 Å². The summed E-state index contributed by atoms with van der Waals surface area (Å²) in [4.78, 5) is 1.25. The van der Waals surface area contributed by atoms with Gasteiger partial charge in [-0.3, -0.25) is 0 Å². The van der Waals surface area contributed by atoms with Crippen molar-refractivity contribution in [3.05, 3.63) is 63.6 Å². The molecule has 0 aliphatic heterocycles. The normalized spacial score (nSPS) is 12.4. The minimum absolute atomic E-state index is 0.0621. The van der Waals surface area contributed by atoms with Crippen molar-refractivity contribution in [1.29, 1.82) is 0 Å². The summed E-state index contributed by atoms with van der Waals surface area (Å²) in [6.45, 7) is 3.08. The third kappa shape index (κ3) is 4.40. The van der Waals surface area contributed by atoms with Gasteiger partial charge in [-0.1, -0.05) is 42.3 Å². The van der Waals surface area contributed by atoms with E-state index in [1.54, 1.807) is 11.8 Å². The number of hydrogen-bond donors (Lipinski definition) is 1. The Morgan fingerprint density at radius 1 is 1.10 bits per heavy atom. The zero-order valence-electron chi connectivity index (χ0n) is 12.2. The molecular weight excluding hydrogens is 321 g/mol. The summed E-state index contributed by atoms with van der Waals surface area (Å²) in [7, 11) is 0. The van der Waals surface area contributed by atoms with E-state index in [1.165, 1.54) is 10.5 Å². The number of nitrogens with one attached hydrogen (secondary N) is 1. The molecule has 4 heteroatoms. The number of hydrogen-bond acceptors (Lipinski definition) is 2. The predicted molar refractivity (Wildman–Crippen MR) is 94.8 cm³/mol. The Kier molecular flexibility index (Phi) is 6.43. The molecule has 1 N–H and O–H groups in total. The highest BCUT2D eigenvalue weighted by atomic mass is 35.5. The Morgan fingerprint density at radius 2 is 1.81 bits per heavy atom. The van der Waals surface area contributed by atoms with Crippen molar-refractivity contribution in [2.24, 2.45) is 0 Å². The lowest BCUT2D eigenvalue weighted by atomic mass is 9.98. The van der Waals surface area contributed by atoms with Gasteiger partial charge in [0, 0.05) is 14.9 Å². The molecule has 0 amide bonds. The van der Waals surface area contributed by atoms with E-state index in [0.29, 0.717) is 5.02 Å². The Hall–Kier alpha value is -0.670. The lowest BCUT2D eigenvalue weighted by Crippen LogP contribution is -2.23. The molecule has 0 aliphatic carbocycles. The van der Waals surface area contributed by atoms with Crippen LogP contribution < -0.4 is 5.32 Å². The number of halogens is 2. The van der Waals surface area contributed by atoms with Crippen LogP contribution in [-0.4, -0.2) is 12.8 Å². The van der Waals surface area contributed by atoms with Crippen LogP contribution in [0.5, 0.6) is 0 Å². The molecule has 1 atom stereocenters. The van der Waals surface area contributed by atoms with Gasteiger partial charge >= 0.3 is 0 Å². The van der Waals surface area contributed by atoms with Gasteiger partial charge in [-0.05, 0) is 60.7 Å². The second kappa shape index (κ2) is 8.09. The van der Waals surface area contributed by atoms with Crippen molar-refractivity contribution in [3.8, 4) is 0 Å². The molecule has 112 valence electrons. The maximum absolute atomic E-state index is 6.38. The first kappa shape index (κ1) is 16.7. The van der Waals surface area contributed by atoms with E-state index in [0.717, 1.165) is 23.6 Å². The van der Waals surface area contributed by atoms with Gasteiger partial charge in [0.25, 0.3) is 0 Å². The first-order valence-corrected chi connectivity index (χ1v) is 8.96. The van der Waals surface area contributed by atoms with Crippen molar-refractivity contribution in [1.82, 2.24) is 5.32 Å². The average Bonchev–Trinajstić information content (AvgIpc) is 2.51. The first-order valence-electron chi connectivity index (χ1n) is 6.98. The fourth-order valence-electron chi connectivity index (χ4n) is 2.23. The van der Waals surface area contributed by atoms with Gasteiger partial charge in [0.2, 0.25) is 0 Å². The Balaban J connectivity index is 2.38. The van der Waals surface area contributed by atoms with Crippen LogP contribution in [0.2, 0.25) is 10.0 Å². The van der Waals surface area contributed by atoms with Crippen LogP contribution in [0, 0.1) is 0 Å².